The number of likely N-dealkylation sites (N-methyl/N-ethyl adjacent to an activating group) is 2. The van der Waals surface area contributed by atoms with E-state index in [2.05, 4.69) is 15.3 Å². The molecule has 0 aliphatic heterocycles. The summed E-state index contributed by atoms with van der Waals surface area (Å²) in [5.41, 5.74) is -0.392. The van der Waals surface area contributed by atoms with Crippen LogP contribution < -0.4 is 5.32 Å². The summed E-state index contributed by atoms with van der Waals surface area (Å²) >= 11 is 0. The molecule has 0 saturated heterocycles. The van der Waals surface area contributed by atoms with Crippen molar-refractivity contribution in [3.8, 4) is 0 Å². The summed E-state index contributed by atoms with van der Waals surface area (Å²) in [5, 5.41) is 2.94. The molecule has 1 N–H and O–H groups in total. The molecule has 0 bridgehead atoms. The van der Waals surface area contributed by atoms with Crippen molar-refractivity contribution in [2.45, 2.75) is 32.4 Å². The van der Waals surface area contributed by atoms with Crippen LogP contribution in [0.3, 0.4) is 0 Å². The molecule has 1 atom stereocenters. The van der Waals surface area contributed by atoms with Crippen molar-refractivity contribution in [2.75, 3.05) is 27.2 Å². The third-order valence-corrected chi connectivity index (χ3v) is 4.08. The fourth-order valence-electron chi connectivity index (χ4n) is 2.88. The van der Waals surface area contributed by atoms with Gasteiger partial charge in [0.1, 0.15) is 5.82 Å². The fraction of sp³-hybridized carbons (Fsp3) is 0.667. The third-order valence-electron chi connectivity index (χ3n) is 4.08. The summed E-state index contributed by atoms with van der Waals surface area (Å²) in [6.07, 6.45) is -3.59. The van der Waals surface area contributed by atoms with E-state index in [4.69, 9.17) is 0 Å². The van der Waals surface area contributed by atoms with Crippen LogP contribution in [-0.4, -0.2) is 48.0 Å². The lowest BCUT2D eigenvalue weighted by Crippen LogP contribution is -2.39. The fourth-order valence-corrected chi connectivity index (χ4v) is 2.88. The van der Waals surface area contributed by atoms with Crippen LogP contribution in [0.25, 0.3) is 0 Å². The molecule has 0 radical (unpaired) electrons. The third kappa shape index (κ3) is 3.99. The van der Waals surface area contributed by atoms with Gasteiger partial charge in [0.2, 0.25) is 5.91 Å². The number of nitrogens with one attached hydrogen (secondary N) is 1. The standard InChI is InChI=1S/C15H21F3N4O/c1-9-20-12-5-4-10(14(23)22(3)7-6-19-2)8-11(12)13(21-9)15(16,17)18/h10,19H,4-8H2,1-3H3. The van der Waals surface area contributed by atoms with E-state index in [1.54, 1.807) is 19.0 Å². The predicted octanol–water partition coefficient (Wildman–Crippen LogP) is 1.59. The first-order chi connectivity index (χ1) is 10.7. The zero-order valence-electron chi connectivity index (χ0n) is 13.5. The van der Waals surface area contributed by atoms with Gasteiger partial charge in [-0.2, -0.15) is 13.2 Å². The largest absolute Gasteiger partial charge is 0.433 e. The number of amides is 1. The van der Waals surface area contributed by atoms with E-state index in [1.165, 1.54) is 6.92 Å². The summed E-state index contributed by atoms with van der Waals surface area (Å²) in [4.78, 5) is 21.7. The van der Waals surface area contributed by atoms with Gasteiger partial charge in [-0.1, -0.05) is 0 Å². The van der Waals surface area contributed by atoms with Gasteiger partial charge in [-0.25, -0.2) is 9.97 Å². The highest BCUT2D eigenvalue weighted by molar-refractivity contribution is 5.79. The molecule has 1 heterocycles. The molecule has 1 aromatic rings. The van der Waals surface area contributed by atoms with Crippen molar-refractivity contribution < 1.29 is 18.0 Å². The minimum atomic E-state index is -4.53. The lowest BCUT2D eigenvalue weighted by molar-refractivity contribution is -0.143. The van der Waals surface area contributed by atoms with Crippen molar-refractivity contribution in [1.29, 1.82) is 0 Å². The van der Waals surface area contributed by atoms with Gasteiger partial charge in [-0.05, 0) is 33.2 Å². The number of alkyl halides is 3. The van der Waals surface area contributed by atoms with Crippen molar-refractivity contribution >= 4 is 5.91 Å². The molecule has 0 fully saturated rings. The molecule has 0 saturated carbocycles. The SMILES string of the molecule is CNCCN(C)C(=O)C1CCc2nc(C)nc(C(F)(F)F)c2C1. The van der Waals surface area contributed by atoms with Crippen LogP contribution in [0, 0.1) is 12.8 Å². The summed E-state index contributed by atoms with van der Waals surface area (Å²) in [5.74, 6) is -0.455. The molecule has 5 nitrogen and oxygen atoms in total. The van der Waals surface area contributed by atoms with Gasteiger partial charge in [-0.3, -0.25) is 4.79 Å². The second kappa shape index (κ2) is 6.82. The first-order valence-corrected chi connectivity index (χ1v) is 7.57. The summed E-state index contributed by atoms with van der Waals surface area (Å²) in [6.45, 7) is 2.62. The molecule has 2 rings (SSSR count). The van der Waals surface area contributed by atoms with Crippen LogP contribution in [0.2, 0.25) is 0 Å². The topological polar surface area (TPSA) is 58.1 Å². The van der Waals surface area contributed by atoms with Crippen molar-refractivity contribution in [2.24, 2.45) is 5.92 Å². The molecule has 0 spiro atoms. The quantitative estimate of drug-likeness (QED) is 0.911. The summed E-state index contributed by atoms with van der Waals surface area (Å²) in [6, 6.07) is 0. The minimum absolute atomic E-state index is 0.0488. The van der Waals surface area contributed by atoms with Crippen molar-refractivity contribution in [3.05, 3.63) is 22.8 Å². The number of hydrogen-bond acceptors (Lipinski definition) is 4. The van der Waals surface area contributed by atoms with E-state index < -0.39 is 17.8 Å². The smallest absolute Gasteiger partial charge is 0.344 e. The van der Waals surface area contributed by atoms with Gasteiger partial charge in [0, 0.05) is 37.3 Å². The van der Waals surface area contributed by atoms with E-state index in [1.807, 2.05) is 0 Å². The molecule has 8 heteroatoms. The van der Waals surface area contributed by atoms with Gasteiger partial charge in [0.25, 0.3) is 0 Å². The van der Waals surface area contributed by atoms with Gasteiger partial charge in [0.05, 0.1) is 0 Å². The van der Waals surface area contributed by atoms with Crippen LogP contribution in [-0.2, 0) is 23.8 Å². The number of nitrogens with zero attached hydrogens (tertiary/aromatic N) is 3. The Morgan fingerprint density at radius 3 is 2.70 bits per heavy atom. The number of fused-ring (bicyclic) bond motifs is 1. The number of hydrogen-bond donors (Lipinski definition) is 1. The molecule has 1 unspecified atom stereocenters. The highest BCUT2D eigenvalue weighted by Crippen LogP contribution is 2.36. The van der Waals surface area contributed by atoms with E-state index in [0.29, 0.717) is 31.6 Å². The molecule has 1 aliphatic carbocycles. The summed E-state index contributed by atoms with van der Waals surface area (Å²) < 4.78 is 39.6. The lowest BCUT2D eigenvalue weighted by Gasteiger charge is -2.29. The van der Waals surface area contributed by atoms with Crippen LogP contribution in [0.4, 0.5) is 13.2 Å². The Kier molecular flexibility index (Phi) is 5.23. The van der Waals surface area contributed by atoms with Crippen LogP contribution >= 0.6 is 0 Å². The number of rotatable bonds is 4. The zero-order chi connectivity index (χ0) is 17.2. The average Bonchev–Trinajstić information content (AvgIpc) is 2.49. The maximum atomic E-state index is 13.2. The van der Waals surface area contributed by atoms with Crippen LogP contribution in [0.15, 0.2) is 0 Å². The predicted molar refractivity (Wildman–Crippen MR) is 78.8 cm³/mol. The molecule has 128 valence electrons. The Hall–Kier alpha value is -1.70. The van der Waals surface area contributed by atoms with E-state index in [9.17, 15) is 18.0 Å². The van der Waals surface area contributed by atoms with E-state index in [-0.39, 0.29) is 23.7 Å². The van der Waals surface area contributed by atoms with Gasteiger partial charge >= 0.3 is 6.18 Å². The van der Waals surface area contributed by atoms with Crippen LogP contribution in [0.1, 0.15) is 29.2 Å². The van der Waals surface area contributed by atoms with E-state index >= 15 is 0 Å². The Bertz CT molecular complexity index is 589. The van der Waals surface area contributed by atoms with Crippen molar-refractivity contribution in [3.63, 3.8) is 0 Å². The molecular formula is C15H21F3N4O. The van der Waals surface area contributed by atoms with Crippen molar-refractivity contribution in [1.82, 2.24) is 20.2 Å². The Morgan fingerprint density at radius 1 is 1.39 bits per heavy atom. The molecular weight excluding hydrogens is 309 g/mol. The maximum Gasteiger partial charge on any atom is 0.433 e. The highest BCUT2D eigenvalue weighted by atomic mass is 19.4. The van der Waals surface area contributed by atoms with Gasteiger partial charge < -0.3 is 10.2 Å². The normalized spacial score (nSPS) is 17.7. The van der Waals surface area contributed by atoms with Gasteiger partial charge in [-0.15, -0.1) is 0 Å². The van der Waals surface area contributed by atoms with Crippen LogP contribution in [0.5, 0.6) is 0 Å². The number of aromatic nitrogens is 2. The minimum Gasteiger partial charge on any atom is -0.344 e. The maximum absolute atomic E-state index is 13.2. The number of carbonyl (C=O) groups excluding carboxylic acids is 1. The monoisotopic (exact) mass is 330 g/mol. The Labute approximate surface area is 133 Å². The molecule has 1 aliphatic rings. The Balaban J connectivity index is 2.24. The van der Waals surface area contributed by atoms with E-state index in [0.717, 1.165) is 0 Å². The number of carbonyl (C=O) groups is 1. The second-order valence-corrected chi connectivity index (χ2v) is 5.85. The highest BCUT2D eigenvalue weighted by Gasteiger charge is 2.40. The molecule has 0 aromatic carbocycles. The molecule has 1 aromatic heterocycles. The van der Waals surface area contributed by atoms with Gasteiger partial charge in [0.15, 0.2) is 5.69 Å². The molecule has 1 amide bonds. The second-order valence-electron chi connectivity index (χ2n) is 5.85. The number of halogens is 3. The zero-order valence-corrected chi connectivity index (χ0v) is 13.5. The first-order valence-electron chi connectivity index (χ1n) is 7.57. The number of aryl methyl sites for hydroxylation is 2. The molecule has 23 heavy (non-hydrogen) atoms. The summed E-state index contributed by atoms with van der Waals surface area (Å²) in [7, 11) is 3.45. The Morgan fingerprint density at radius 2 is 2.09 bits per heavy atom. The first kappa shape index (κ1) is 17.7. The lowest BCUT2D eigenvalue weighted by atomic mass is 9.84. The average molecular weight is 330 g/mol.